The van der Waals surface area contributed by atoms with Crippen molar-refractivity contribution in [3.05, 3.63) is 54.7 Å². The molecular weight excluding hydrogens is 563 g/mol. The van der Waals surface area contributed by atoms with Crippen LogP contribution in [0, 0.1) is 14.1 Å². The molecule has 9 heteroatoms. The molecule has 0 unspecified atom stereocenters. The smallest absolute Gasteiger partial charge is 0.318 e. The van der Waals surface area contributed by atoms with Crippen molar-refractivity contribution >= 4 is 68.4 Å². The second-order valence-electron chi connectivity index (χ2n) is 5.06. The topological polar surface area (TPSA) is 58.2 Å². The number of hydrogen-bond acceptors (Lipinski definition) is 2. The van der Waals surface area contributed by atoms with E-state index in [0.717, 1.165) is 21.3 Å². The van der Waals surface area contributed by atoms with Crippen molar-refractivity contribution in [2.24, 2.45) is 0 Å². The van der Waals surface area contributed by atoms with Gasteiger partial charge in [0.25, 0.3) is 0 Å². The van der Waals surface area contributed by atoms with Crippen LogP contribution < -0.4 is 10.6 Å². The van der Waals surface area contributed by atoms with Gasteiger partial charge in [0.1, 0.15) is 0 Å². The average molecular weight is 574 g/mol. The number of hydrogen-bond donors (Lipinski definition) is 2. The van der Waals surface area contributed by atoms with Gasteiger partial charge in [-0.1, -0.05) is 0 Å². The van der Waals surface area contributed by atoms with Crippen molar-refractivity contribution in [3.63, 3.8) is 0 Å². The molecule has 0 spiro atoms. The Kier molecular flexibility index (Phi) is 6.30. The fourth-order valence-electron chi connectivity index (χ4n) is 1.99. The number of amides is 2. The van der Waals surface area contributed by atoms with E-state index in [4.69, 9.17) is 0 Å². The molecule has 2 rings (SSSR count). The van der Waals surface area contributed by atoms with Crippen LogP contribution in [0.5, 0.6) is 0 Å². The van der Waals surface area contributed by atoms with Crippen LogP contribution in [-0.2, 0) is 15.8 Å². The third-order valence-electron chi connectivity index (χ3n) is 3.18. The summed E-state index contributed by atoms with van der Waals surface area (Å²) in [5.74, 6) is -2.22. The van der Waals surface area contributed by atoms with E-state index in [1.165, 1.54) is 6.07 Å². The molecule has 132 valence electrons. The number of carbonyl (C=O) groups excluding carboxylic acids is 2. The molecule has 2 aromatic carbocycles. The molecule has 25 heavy (non-hydrogen) atoms. The average Bonchev–Trinajstić information content (AvgIpc) is 2.50. The summed E-state index contributed by atoms with van der Waals surface area (Å²) in [6.45, 7) is 1.75. The maximum absolute atomic E-state index is 13.1. The second kappa shape index (κ2) is 7.89. The first-order chi connectivity index (χ1) is 11.6. The first kappa shape index (κ1) is 19.9. The molecule has 0 aliphatic carbocycles. The fourth-order valence-corrected chi connectivity index (χ4v) is 3.12. The van der Waals surface area contributed by atoms with Gasteiger partial charge >= 0.3 is 18.0 Å². The second-order valence-corrected chi connectivity index (χ2v) is 7.55. The Morgan fingerprint density at radius 3 is 1.88 bits per heavy atom. The monoisotopic (exact) mass is 574 g/mol. The van der Waals surface area contributed by atoms with E-state index in [9.17, 15) is 22.8 Å². The number of halogens is 5. The summed E-state index contributed by atoms with van der Waals surface area (Å²) < 4.78 is 40.5. The highest BCUT2D eigenvalue weighted by molar-refractivity contribution is 14.1. The van der Waals surface area contributed by atoms with E-state index < -0.39 is 29.2 Å². The lowest BCUT2D eigenvalue weighted by Gasteiger charge is -2.14. The summed E-state index contributed by atoms with van der Waals surface area (Å²) in [6, 6.07) is 8.58. The minimum Gasteiger partial charge on any atom is -0.318 e. The van der Waals surface area contributed by atoms with E-state index in [0.29, 0.717) is 9.26 Å². The number of benzene rings is 2. The van der Waals surface area contributed by atoms with Gasteiger partial charge in [0, 0.05) is 12.8 Å². The highest BCUT2D eigenvalue weighted by atomic mass is 127. The summed E-state index contributed by atoms with van der Waals surface area (Å²) >= 11 is 3.84. The zero-order valence-electron chi connectivity index (χ0n) is 12.7. The van der Waals surface area contributed by atoms with Crippen LogP contribution >= 0.6 is 45.2 Å². The molecule has 0 heterocycles. The molecule has 0 atom stereocenters. The summed E-state index contributed by atoms with van der Waals surface area (Å²) in [5, 5.41) is 4.41. The van der Waals surface area contributed by atoms with E-state index >= 15 is 0 Å². The third-order valence-corrected chi connectivity index (χ3v) is 4.52. The summed E-state index contributed by atoms with van der Waals surface area (Å²) in [5.41, 5.74) is -0.323. The summed E-state index contributed by atoms with van der Waals surface area (Å²) in [6.07, 6.45) is -4.65. The van der Waals surface area contributed by atoms with Crippen molar-refractivity contribution in [3.8, 4) is 0 Å². The lowest BCUT2D eigenvalue weighted by Crippen LogP contribution is -2.30. The Morgan fingerprint density at radius 1 is 0.880 bits per heavy atom. The van der Waals surface area contributed by atoms with E-state index in [2.05, 4.69) is 27.9 Å². The molecule has 0 aromatic heterocycles. The van der Waals surface area contributed by atoms with Gasteiger partial charge in [-0.15, -0.1) is 0 Å². The van der Waals surface area contributed by atoms with Gasteiger partial charge in [-0.2, -0.15) is 13.2 Å². The molecule has 2 aromatic rings. The number of aryl methyl sites for hydroxylation is 1. The quantitative estimate of drug-likeness (QED) is 0.401. The van der Waals surface area contributed by atoms with Crippen molar-refractivity contribution < 1.29 is 22.8 Å². The summed E-state index contributed by atoms with van der Waals surface area (Å²) in [4.78, 5) is 23.9. The highest BCUT2D eigenvalue weighted by Gasteiger charge is 2.34. The SMILES string of the molecule is Cc1cc(I)ccc1NC(=O)C(=O)Nc1ccc(I)cc1C(F)(F)F. The van der Waals surface area contributed by atoms with Crippen LogP contribution in [0.25, 0.3) is 0 Å². The van der Waals surface area contributed by atoms with E-state index in [-0.39, 0.29) is 0 Å². The normalized spacial score (nSPS) is 11.1. The Labute approximate surface area is 168 Å². The molecular formula is C16H11F3I2N2O2. The lowest BCUT2D eigenvalue weighted by atomic mass is 10.1. The Morgan fingerprint density at radius 2 is 1.36 bits per heavy atom. The molecule has 0 saturated heterocycles. The number of alkyl halides is 3. The van der Waals surface area contributed by atoms with Crippen molar-refractivity contribution in [1.82, 2.24) is 0 Å². The van der Waals surface area contributed by atoms with Gasteiger partial charge in [0.2, 0.25) is 0 Å². The van der Waals surface area contributed by atoms with Crippen LogP contribution in [-0.4, -0.2) is 11.8 Å². The zero-order valence-corrected chi connectivity index (χ0v) is 17.0. The van der Waals surface area contributed by atoms with Crippen molar-refractivity contribution in [2.75, 3.05) is 10.6 Å². The third kappa shape index (κ3) is 5.30. The van der Waals surface area contributed by atoms with Gasteiger partial charge in [-0.25, -0.2) is 0 Å². The number of carbonyl (C=O) groups is 2. The molecule has 0 radical (unpaired) electrons. The first-order valence-electron chi connectivity index (χ1n) is 6.83. The standard InChI is InChI=1S/C16H11F3I2N2O2/c1-8-6-9(20)2-4-12(8)22-14(24)15(25)23-13-5-3-10(21)7-11(13)16(17,18)19/h2-7H,1H3,(H,22,24)(H,23,25). The molecule has 4 nitrogen and oxygen atoms in total. The van der Waals surface area contributed by atoms with Crippen LogP contribution in [0.15, 0.2) is 36.4 Å². The largest absolute Gasteiger partial charge is 0.418 e. The minimum atomic E-state index is -4.65. The van der Waals surface area contributed by atoms with Crippen LogP contribution in [0.4, 0.5) is 24.5 Å². The highest BCUT2D eigenvalue weighted by Crippen LogP contribution is 2.35. The van der Waals surface area contributed by atoms with Gasteiger partial charge in [-0.3, -0.25) is 9.59 Å². The van der Waals surface area contributed by atoms with Gasteiger partial charge in [-0.05, 0) is 94.1 Å². The molecule has 2 N–H and O–H groups in total. The van der Waals surface area contributed by atoms with Crippen molar-refractivity contribution in [2.45, 2.75) is 13.1 Å². The van der Waals surface area contributed by atoms with E-state index in [1.54, 1.807) is 47.7 Å². The summed E-state index contributed by atoms with van der Waals surface area (Å²) in [7, 11) is 0. The van der Waals surface area contributed by atoms with Gasteiger partial charge in [0.15, 0.2) is 0 Å². The first-order valence-corrected chi connectivity index (χ1v) is 8.99. The number of nitrogens with one attached hydrogen (secondary N) is 2. The lowest BCUT2D eigenvalue weighted by molar-refractivity contribution is -0.137. The number of rotatable bonds is 2. The molecule has 0 saturated carbocycles. The Bertz CT molecular complexity index is 839. The van der Waals surface area contributed by atoms with Gasteiger partial charge < -0.3 is 10.6 Å². The minimum absolute atomic E-state index is 0.363. The molecule has 0 bridgehead atoms. The Balaban J connectivity index is 2.18. The predicted octanol–water partition coefficient (Wildman–Crippen LogP) is 4.80. The number of anilines is 2. The Hall–Kier alpha value is -1.37. The molecule has 2 amide bonds. The van der Waals surface area contributed by atoms with Gasteiger partial charge in [0.05, 0.1) is 11.3 Å². The fraction of sp³-hybridized carbons (Fsp3) is 0.125. The van der Waals surface area contributed by atoms with Crippen LogP contribution in [0.3, 0.4) is 0 Å². The zero-order chi connectivity index (χ0) is 18.8. The maximum atomic E-state index is 13.1. The van der Waals surface area contributed by atoms with Crippen LogP contribution in [0.2, 0.25) is 0 Å². The maximum Gasteiger partial charge on any atom is 0.418 e. The molecule has 0 fully saturated rings. The predicted molar refractivity (Wildman–Crippen MR) is 105 cm³/mol. The van der Waals surface area contributed by atoms with Crippen LogP contribution in [0.1, 0.15) is 11.1 Å². The van der Waals surface area contributed by atoms with E-state index in [1.807, 2.05) is 5.32 Å². The van der Waals surface area contributed by atoms with Crippen molar-refractivity contribution in [1.29, 1.82) is 0 Å². The molecule has 0 aliphatic rings. The molecule has 0 aliphatic heterocycles.